The largest absolute Gasteiger partial charge is 0.332 e. The van der Waals surface area contributed by atoms with Crippen LogP contribution in [0.5, 0.6) is 0 Å². The Morgan fingerprint density at radius 3 is 2.72 bits per heavy atom. The van der Waals surface area contributed by atoms with Crippen molar-refractivity contribution in [1.82, 2.24) is 15.1 Å². The molecule has 0 unspecified atom stereocenters. The van der Waals surface area contributed by atoms with Gasteiger partial charge in [-0.15, -0.1) is 0 Å². The van der Waals surface area contributed by atoms with Crippen LogP contribution < -0.4 is 5.32 Å². The van der Waals surface area contributed by atoms with Crippen molar-refractivity contribution in [3.8, 4) is 0 Å². The second-order valence-electron chi connectivity index (χ2n) is 7.14. The smallest absolute Gasteiger partial charge is 0.0929 e. The highest BCUT2D eigenvalue weighted by atomic mass is 15.2. The first kappa shape index (κ1) is 18.0. The van der Waals surface area contributed by atoms with E-state index in [1.165, 1.54) is 60.6 Å². The number of hydrogen-bond donors (Lipinski definition) is 1. The summed E-state index contributed by atoms with van der Waals surface area (Å²) in [6.07, 6.45) is 10.1. The van der Waals surface area contributed by atoms with E-state index in [0.29, 0.717) is 0 Å². The fourth-order valence-electron chi connectivity index (χ4n) is 3.80. The van der Waals surface area contributed by atoms with Crippen LogP contribution in [0.1, 0.15) is 40.0 Å². The predicted octanol–water partition coefficient (Wildman–Crippen LogP) is 3.75. The standard InChI is InChI=1S/C22H31N3/c1-4-7-20-8-5-9-22-21(17-20)18(2)16-19(3)25(22)13-6-12-24-14-10-23-11-15-24/h5,8,17,23H,4,6-7,10-15H2,1-3H3. The Kier molecular flexibility index (Phi) is 6.18. The zero-order valence-electron chi connectivity index (χ0n) is 16.0. The molecule has 0 amide bonds. The van der Waals surface area contributed by atoms with Crippen LogP contribution in [0, 0.1) is 0 Å². The van der Waals surface area contributed by atoms with Crippen molar-refractivity contribution in [3.63, 3.8) is 0 Å². The molecule has 0 spiro atoms. The maximum Gasteiger partial charge on any atom is 0.0929 e. The first-order valence-electron chi connectivity index (χ1n) is 9.72. The molecule has 1 aliphatic carbocycles. The van der Waals surface area contributed by atoms with Gasteiger partial charge in [-0.1, -0.05) is 30.9 Å². The molecular formula is C22H31N3. The van der Waals surface area contributed by atoms with Gasteiger partial charge < -0.3 is 15.1 Å². The second-order valence-corrected chi connectivity index (χ2v) is 7.14. The van der Waals surface area contributed by atoms with E-state index in [4.69, 9.17) is 0 Å². The summed E-state index contributed by atoms with van der Waals surface area (Å²) < 4.78 is 0. The Morgan fingerprint density at radius 2 is 1.96 bits per heavy atom. The lowest BCUT2D eigenvalue weighted by atomic mass is 9.97. The van der Waals surface area contributed by atoms with E-state index in [1.807, 2.05) is 0 Å². The summed E-state index contributed by atoms with van der Waals surface area (Å²) >= 11 is 0. The van der Waals surface area contributed by atoms with E-state index in [0.717, 1.165) is 26.1 Å². The SMILES string of the molecule is CCCC1=CC=C=C2C(=C1)C(C)=C=C(C)N2CCCN1CCNCC1. The number of nitrogens with zero attached hydrogens (tertiary/aromatic N) is 2. The third kappa shape index (κ3) is 4.45. The summed E-state index contributed by atoms with van der Waals surface area (Å²) in [6.45, 7) is 13.4. The zero-order chi connectivity index (χ0) is 17.6. The maximum absolute atomic E-state index is 3.57. The highest BCUT2D eigenvalue weighted by Crippen LogP contribution is 2.32. The van der Waals surface area contributed by atoms with Gasteiger partial charge in [0.25, 0.3) is 0 Å². The van der Waals surface area contributed by atoms with Gasteiger partial charge in [0.2, 0.25) is 0 Å². The van der Waals surface area contributed by atoms with E-state index in [2.05, 4.69) is 65.6 Å². The predicted molar refractivity (Wildman–Crippen MR) is 105 cm³/mol. The summed E-state index contributed by atoms with van der Waals surface area (Å²) in [4.78, 5) is 4.97. The minimum Gasteiger partial charge on any atom is -0.332 e. The molecule has 3 aliphatic rings. The highest BCUT2D eigenvalue weighted by Gasteiger charge is 2.22. The van der Waals surface area contributed by atoms with Crippen molar-refractivity contribution >= 4 is 0 Å². The van der Waals surface area contributed by atoms with Crippen LogP contribution in [0.4, 0.5) is 0 Å². The van der Waals surface area contributed by atoms with Gasteiger partial charge in [-0.25, -0.2) is 0 Å². The lowest BCUT2D eigenvalue weighted by Gasteiger charge is -2.32. The van der Waals surface area contributed by atoms with Crippen molar-refractivity contribution < 1.29 is 0 Å². The molecule has 0 aromatic heterocycles. The first-order chi connectivity index (χ1) is 12.2. The number of allylic oxidation sites excluding steroid dienone is 4. The van der Waals surface area contributed by atoms with Gasteiger partial charge in [-0.05, 0) is 51.0 Å². The maximum atomic E-state index is 3.57. The average Bonchev–Trinajstić information content (AvgIpc) is 2.82. The van der Waals surface area contributed by atoms with Gasteiger partial charge in [0, 0.05) is 43.9 Å². The second kappa shape index (κ2) is 8.56. The van der Waals surface area contributed by atoms with Gasteiger partial charge in [0.05, 0.1) is 11.4 Å². The molecule has 0 radical (unpaired) electrons. The molecule has 134 valence electrons. The van der Waals surface area contributed by atoms with E-state index >= 15 is 0 Å². The minimum atomic E-state index is 1.03. The van der Waals surface area contributed by atoms with Gasteiger partial charge in [-0.3, -0.25) is 0 Å². The molecule has 3 nitrogen and oxygen atoms in total. The Labute approximate surface area is 152 Å². The van der Waals surface area contributed by atoms with Crippen molar-refractivity contribution in [3.05, 3.63) is 57.8 Å². The van der Waals surface area contributed by atoms with Crippen LogP contribution in [0.15, 0.2) is 57.8 Å². The lowest BCUT2D eigenvalue weighted by Crippen LogP contribution is -2.44. The van der Waals surface area contributed by atoms with E-state index in [9.17, 15) is 0 Å². The van der Waals surface area contributed by atoms with Crippen molar-refractivity contribution in [2.45, 2.75) is 40.0 Å². The van der Waals surface area contributed by atoms with Crippen LogP contribution in [0.2, 0.25) is 0 Å². The molecule has 25 heavy (non-hydrogen) atoms. The van der Waals surface area contributed by atoms with Gasteiger partial charge in [0.1, 0.15) is 0 Å². The minimum absolute atomic E-state index is 1.03. The van der Waals surface area contributed by atoms with E-state index in [-0.39, 0.29) is 0 Å². The molecular weight excluding hydrogens is 306 g/mol. The summed E-state index contributed by atoms with van der Waals surface area (Å²) in [5.41, 5.74) is 13.5. The Balaban J connectivity index is 1.73. The first-order valence-corrected chi connectivity index (χ1v) is 9.72. The van der Waals surface area contributed by atoms with E-state index in [1.54, 1.807) is 0 Å². The number of hydrogen-bond acceptors (Lipinski definition) is 3. The van der Waals surface area contributed by atoms with E-state index < -0.39 is 0 Å². The fourth-order valence-corrected chi connectivity index (χ4v) is 3.80. The van der Waals surface area contributed by atoms with Gasteiger partial charge in [0.15, 0.2) is 0 Å². The normalized spacial score (nSPS) is 20.9. The molecule has 3 heteroatoms. The van der Waals surface area contributed by atoms with Crippen LogP contribution >= 0.6 is 0 Å². The molecule has 2 heterocycles. The van der Waals surface area contributed by atoms with Crippen LogP contribution in [0.25, 0.3) is 0 Å². The molecule has 0 aromatic carbocycles. The molecule has 3 rings (SSSR count). The van der Waals surface area contributed by atoms with Gasteiger partial charge in [-0.2, -0.15) is 0 Å². The summed E-state index contributed by atoms with van der Waals surface area (Å²) in [5, 5.41) is 3.42. The van der Waals surface area contributed by atoms with Crippen LogP contribution in [-0.4, -0.2) is 49.1 Å². The molecule has 0 atom stereocenters. The summed E-state index contributed by atoms with van der Waals surface area (Å²) in [6, 6.07) is 0. The third-order valence-corrected chi connectivity index (χ3v) is 5.15. The number of rotatable bonds is 6. The van der Waals surface area contributed by atoms with Crippen LogP contribution in [0.3, 0.4) is 0 Å². The molecule has 1 fully saturated rings. The number of nitrogens with one attached hydrogen (secondary N) is 1. The molecule has 0 aromatic rings. The average molecular weight is 338 g/mol. The number of piperazine rings is 1. The molecule has 1 saturated heterocycles. The quantitative estimate of drug-likeness (QED) is 0.745. The molecule has 2 aliphatic heterocycles. The lowest BCUT2D eigenvalue weighted by molar-refractivity contribution is 0.230. The monoisotopic (exact) mass is 337 g/mol. The number of fused-ring (bicyclic) bond motifs is 1. The Morgan fingerprint density at radius 1 is 1.16 bits per heavy atom. The third-order valence-electron chi connectivity index (χ3n) is 5.15. The van der Waals surface area contributed by atoms with Crippen molar-refractivity contribution in [1.29, 1.82) is 0 Å². The Hall–Kier alpha value is -1.76. The summed E-state index contributed by atoms with van der Waals surface area (Å²) in [5.74, 6) is 0. The topological polar surface area (TPSA) is 18.5 Å². The zero-order valence-corrected chi connectivity index (χ0v) is 16.0. The van der Waals surface area contributed by atoms with Gasteiger partial charge >= 0.3 is 0 Å². The fraction of sp³-hybridized carbons (Fsp3) is 0.545. The molecule has 1 N–H and O–H groups in total. The van der Waals surface area contributed by atoms with Crippen LogP contribution in [-0.2, 0) is 0 Å². The van der Waals surface area contributed by atoms with Crippen molar-refractivity contribution in [2.75, 3.05) is 39.3 Å². The highest BCUT2D eigenvalue weighted by molar-refractivity contribution is 5.53. The van der Waals surface area contributed by atoms with Crippen molar-refractivity contribution in [2.24, 2.45) is 0 Å². The Bertz CT molecular complexity index is 689. The molecule has 0 saturated carbocycles. The summed E-state index contributed by atoms with van der Waals surface area (Å²) in [7, 11) is 0. The molecule has 0 bridgehead atoms.